The lowest BCUT2D eigenvalue weighted by atomic mass is 10.1. The molecule has 7 heteroatoms. The summed E-state index contributed by atoms with van der Waals surface area (Å²) in [6, 6.07) is 2.84. The van der Waals surface area contributed by atoms with Crippen LogP contribution in [0.15, 0.2) is 17.0 Å². The van der Waals surface area contributed by atoms with E-state index >= 15 is 0 Å². The van der Waals surface area contributed by atoms with Crippen molar-refractivity contribution in [3.05, 3.63) is 28.3 Å². The van der Waals surface area contributed by atoms with Crippen molar-refractivity contribution in [3.63, 3.8) is 0 Å². The number of sulfonamides is 1. The summed E-state index contributed by atoms with van der Waals surface area (Å²) in [7, 11) is -3.93. The minimum absolute atomic E-state index is 0.0560. The van der Waals surface area contributed by atoms with E-state index in [9.17, 15) is 13.2 Å². The highest BCUT2D eigenvalue weighted by molar-refractivity contribution is 7.89. The Hall–Kier alpha value is -1.11. The Kier molecular flexibility index (Phi) is 5.78. The van der Waals surface area contributed by atoms with E-state index in [2.05, 4.69) is 0 Å². The van der Waals surface area contributed by atoms with Crippen molar-refractivity contribution < 1.29 is 13.2 Å². The normalized spacial score (nSPS) is 13.0. The number of halogens is 1. The highest BCUT2D eigenvalue weighted by atomic mass is 35.5. The van der Waals surface area contributed by atoms with Crippen molar-refractivity contribution in [1.29, 1.82) is 0 Å². The Morgan fingerprint density at radius 3 is 2.38 bits per heavy atom. The molecular weight excluding hydrogens is 312 g/mol. The van der Waals surface area contributed by atoms with Gasteiger partial charge in [-0.05, 0) is 44.9 Å². The predicted molar refractivity (Wildman–Crippen MR) is 84.0 cm³/mol. The second-order valence-electron chi connectivity index (χ2n) is 4.97. The largest absolute Gasteiger partial charge is 0.336 e. The van der Waals surface area contributed by atoms with Crippen molar-refractivity contribution in [2.45, 2.75) is 45.1 Å². The standard InChI is InChI=1S/C14H21ClN2O3S/c1-5-9(3)17(6-2)14(18)11-7-12(15)10(4)13(8-11)21(16,19)20/h7-9H,5-6H2,1-4H3,(H2,16,19,20). The van der Waals surface area contributed by atoms with E-state index in [1.54, 1.807) is 11.8 Å². The Labute approximate surface area is 131 Å². The van der Waals surface area contributed by atoms with Crippen molar-refractivity contribution in [1.82, 2.24) is 4.90 Å². The van der Waals surface area contributed by atoms with Crippen LogP contribution in [-0.2, 0) is 10.0 Å². The third-order valence-corrected chi connectivity index (χ3v) is 5.00. The number of hydrogen-bond donors (Lipinski definition) is 1. The molecule has 0 aromatic heterocycles. The van der Waals surface area contributed by atoms with Crippen molar-refractivity contribution in [2.24, 2.45) is 5.14 Å². The van der Waals surface area contributed by atoms with E-state index in [1.165, 1.54) is 12.1 Å². The van der Waals surface area contributed by atoms with Gasteiger partial charge in [0.2, 0.25) is 10.0 Å². The lowest BCUT2D eigenvalue weighted by Gasteiger charge is -2.27. The van der Waals surface area contributed by atoms with Crippen LogP contribution in [0.3, 0.4) is 0 Å². The molecule has 0 saturated heterocycles. The molecule has 21 heavy (non-hydrogen) atoms. The van der Waals surface area contributed by atoms with Gasteiger partial charge in [-0.1, -0.05) is 18.5 Å². The topological polar surface area (TPSA) is 80.5 Å². The molecule has 0 aliphatic rings. The van der Waals surface area contributed by atoms with Crippen LogP contribution < -0.4 is 5.14 Å². The molecule has 0 radical (unpaired) electrons. The summed E-state index contributed by atoms with van der Waals surface area (Å²) in [6.45, 7) is 7.89. The molecule has 1 aromatic carbocycles. The Bertz CT molecular complexity index is 644. The molecule has 0 fully saturated rings. The highest BCUT2D eigenvalue weighted by Crippen LogP contribution is 2.25. The van der Waals surface area contributed by atoms with Gasteiger partial charge < -0.3 is 4.90 Å². The molecule has 0 aliphatic carbocycles. The Balaban J connectivity index is 3.38. The van der Waals surface area contributed by atoms with Crippen molar-refractivity contribution >= 4 is 27.5 Å². The van der Waals surface area contributed by atoms with Gasteiger partial charge in [-0.2, -0.15) is 0 Å². The van der Waals surface area contributed by atoms with Gasteiger partial charge in [0.15, 0.2) is 0 Å². The summed E-state index contributed by atoms with van der Waals surface area (Å²) in [6.07, 6.45) is 0.807. The predicted octanol–water partition coefficient (Wildman–Crippen LogP) is 2.56. The molecule has 0 aliphatic heterocycles. The Morgan fingerprint density at radius 1 is 1.38 bits per heavy atom. The first-order chi connectivity index (χ1) is 9.63. The van der Waals surface area contributed by atoms with Gasteiger partial charge >= 0.3 is 0 Å². The smallest absolute Gasteiger partial charge is 0.254 e. The molecule has 0 saturated carbocycles. The summed E-state index contributed by atoms with van der Waals surface area (Å²) in [5.41, 5.74) is 0.582. The second kappa shape index (κ2) is 6.77. The van der Waals surface area contributed by atoms with E-state index in [0.29, 0.717) is 12.1 Å². The fourth-order valence-electron chi connectivity index (χ4n) is 2.11. The first kappa shape index (κ1) is 17.9. The first-order valence-electron chi connectivity index (χ1n) is 6.77. The van der Waals surface area contributed by atoms with E-state index in [1.807, 2.05) is 20.8 Å². The molecule has 1 rings (SSSR count). The van der Waals surface area contributed by atoms with Gasteiger partial charge in [-0.25, -0.2) is 13.6 Å². The zero-order valence-corrected chi connectivity index (χ0v) is 14.3. The molecule has 1 atom stereocenters. The summed E-state index contributed by atoms with van der Waals surface area (Å²) in [5, 5.41) is 5.39. The van der Waals surface area contributed by atoms with E-state index in [0.717, 1.165) is 6.42 Å². The molecule has 118 valence electrons. The maximum atomic E-state index is 12.6. The average molecular weight is 333 g/mol. The van der Waals surface area contributed by atoms with Crippen LogP contribution in [0.2, 0.25) is 5.02 Å². The average Bonchev–Trinajstić information content (AvgIpc) is 2.40. The zero-order chi connectivity index (χ0) is 16.4. The third kappa shape index (κ3) is 3.96. The first-order valence-corrected chi connectivity index (χ1v) is 8.69. The number of rotatable bonds is 5. The molecule has 1 aromatic rings. The van der Waals surface area contributed by atoms with Gasteiger partial charge in [0, 0.05) is 23.2 Å². The number of nitrogens with two attached hydrogens (primary N) is 1. The molecule has 2 N–H and O–H groups in total. The number of carbonyl (C=O) groups excluding carboxylic acids is 1. The summed E-state index contributed by atoms with van der Waals surface area (Å²) in [4.78, 5) is 14.1. The number of benzene rings is 1. The van der Waals surface area contributed by atoms with Crippen molar-refractivity contribution in [3.8, 4) is 0 Å². The summed E-state index contributed by atoms with van der Waals surface area (Å²) >= 11 is 6.04. The quantitative estimate of drug-likeness (QED) is 0.899. The maximum absolute atomic E-state index is 12.6. The minimum Gasteiger partial charge on any atom is -0.336 e. The zero-order valence-electron chi connectivity index (χ0n) is 12.7. The molecule has 1 amide bonds. The van der Waals surface area contributed by atoms with Crippen molar-refractivity contribution in [2.75, 3.05) is 6.54 Å². The highest BCUT2D eigenvalue weighted by Gasteiger charge is 2.23. The monoisotopic (exact) mass is 332 g/mol. The van der Waals surface area contributed by atoms with E-state index in [4.69, 9.17) is 16.7 Å². The third-order valence-electron chi connectivity index (χ3n) is 3.57. The van der Waals surface area contributed by atoms with Crippen LogP contribution in [0, 0.1) is 6.92 Å². The SMILES string of the molecule is CCC(C)N(CC)C(=O)c1cc(Cl)c(C)c(S(N)(=O)=O)c1. The van der Waals surface area contributed by atoms with Gasteiger partial charge in [0.1, 0.15) is 0 Å². The van der Waals surface area contributed by atoms with Crippen LogP contribution in [-0.4, -0.2) is 31.8 Å². The molecular formula is C14H21ClN2O3S. The number of primary sulfonamides is 1. The fourth-order valence-corrected chi connectivity index (χ4v) is 3.22. The fraction of sp³-hybridized carbons (Fsp3) is 0.500. The van der Waals surface area contributed by atoms with E-state index in [-0.39, 0.29) is 27.4 Å². The number of carbonyl (C=O) groups is 1. The molecule has 0 bridgehead atoms. The number of hydrogen-bond acceptors (Lipinski definition) is 3. The minimum atomic E-state index is -3.93. The summed E-state index contributed by atoms with van der Waals surface area (Å²) in [5.74, 6) is -0.251. The number of nitrogens with zero attached hydrogens (tertiary/aromatic N) is 1. The Morgan fingerprint density at radius 2 is 1.95 bits per heavy atom. The van der Waals surface area contributed by atoms with Gasteiger partial charge in [0.05, 0.1) is 4.90 Å². The second-order valence-corrected chi connectivity index (χ2v) is 6.91. The van der Waals surface area contributed by atoms with Crippen LogP contribution in [0.4, 0.5) is 0 Å². The van der Waals surface area contributed by atoms with Crippen LogP contribution in [0.5, 0.6) is 0 Å². The van der Waals surface area contributed by atoms with Crippen LogP contribution in [0.25, 0.3) is 0 Å². The van der Waals surface area contributed by atoms with Crippen LogP contribution >= 0.6 is 11.6 Å². The van der Waals surface area contributed by atoms with Gasteiger partial charge in [-0.15, -0.1) is 0 Å². The number of amides is 1. The molecule has 5 nitrogen and oxygen atoms in total. The molecule has 0 spiro atoms. The van der Waals surface area contributed by atoms with E-state index < -0.39 is 10.0 Å². The van der Waals surface area contributed by atoms with Crippen LogP contribution in [0.1, 0.15) is 43.1 Å². The lowest BCUT2D eigenvalue weighted by molar-refractivity contribution is 0.0699. The lowest BCUT2D eigenvalue weighted by Crippen LogP contribution is -2.38. The molecule has 0 heterocycles. The summed E-state index contributed by atoms with van der Waals surface area (Å²) < 4.78 is 23.2. The maximum Gasteiger partial charge on any atom is 0.254 e. The van der Waals surface area contributed by atoms with Gasteiger partial charge in [0.25, 0.3) is 5.91 Å². The molecule has 1 unspecified atom stereocenters. The van der Waals surface area contributed by atoms with Gasteiger partial charge in [-0.3, -0.25) is 4.79 Å².